The first kappa shape index (κ1) is 14.5. The van der Waals surface area contributed by atoms with Gasteiger partial charge in [-0.05, 0) is 32.4 Å². The molecule has 1 amide bonds. The average Bonchev–Trinajstić information content (AvgIpc) is 2.27. The highest BCUT2D eigenvalue weighted by Gasteiger charge is 2.21. The number of likely N-dealkylation sites (N-methyl/N-ethyl adjacent to an activating group) is 1. The summed E-state index contributed by atoms with van der Waals surface area (Å²) in [5, 5.41) is 9.77. The molecule has 100 valence electrons. The number of carbonyl (C=O) groups excluding carboxylic acids is 1. The van der Waals surface area contributed by atoms with Gasteiger partial charge in [-0.15, -0.1) is 0 Å². The molecule has 1 rings (SSSR count). The monoisotopic (exact) mass is 250 g/mol. The maximum absolute atomic E-state index is 12.1. The quantitative estimate of drug-likeness (QED) is 0.777. The molecule has 0 atom stereocenters. The molecule has 0 bridgehead atoms. The number of rotatable bonds is 5. The normalized spacial score (nSPS) is 11.3. The number of anilines is 1. The predicted octanol–water partition coefficient (Wildman–Crippen LogP) is 1.43. The Morgan fingerprint density at radius 1 is 1.39 bits per heavy atom. The molecule has 1 aromatic rings. The second kappa shape index (κ2) is 5.87. The topological polar surface area (TPSA) is 66.6 Å². The van der Waals surface area contributed by atoms with Crippen molar-refractivity contribution in [2.45, 2.75) is 32.8 Å². The van der Waals surface area contributed by atoms with E-state index in [1.54, 1.807) is 24.8 Å². The van der Waals surface area contributed by atoms with Crippen molar-refractivity contribution in [1.29, 1.82) is 0 Å². The molecule has 0 aromatic heterocycles. The van der Waals surface area contributed by atoms with Gasteiger partial charge in [0.15, 0.2) is 0 Å². The number of para-hydroxylation sites is 1. The van der Waals surface area contributed by atoms with E-state index in [0.717, 1.165) is 5.56 Å². The smallest absolute Gasteiger partial charge is 0.227 e. The molecule has 4 nitrogen and oxygen atoms in total. The summed E-state index contributed by atoms with van der Waals surface area (Å²) in [6.45, 7) is 6.20. The van der Waals surface area contributed by atoms with Crippen LogP contribution in [-0.2, 0) is 11.2 Å². The zero-order valence-electron chi connectivity index (χ0n) is 11.3. The highest BCUT2D eigenvalue weighted by molar-refractivity contribution is 5.80. The lowest BCUT2D eigenvalue weighted by atomic mass is 10.1. The maximum Gasteiger partial charge on any atom is 0.227 e. The van der Waals surface area contributed by atoms with Crippen molar-refractivity contribution < 1.29 is 9.90 Å². The van der Waals surface area contributed by atoms with Gasteiger partial charge in [-0.1, -0.05) is 18.2 Å². The number of nitrogens with two attached hydrogens (primary N) is 1. The van der Waals surface area contributed by atoms with E-state index in [2.05, 4.69) is 0 Å². The van der Waals surface area contributed by atoms with E-state index in [1.165, 1.54) is 0 Å². The average molecular weight is 250 g/mol. The van der Waals surface area contributed by atoms with E-state index in [4.69, 9.17) is 5.73 Å². The number of hydrogen-bond donors (Lipinski definition) is 2. The molecule has 0 heterocycles. The van der Waals surface area contributed by atoms with Gasteiger partial charge in [0.25, 0.3) is 0 Å². The Kier molecular flexibility index (Phi) is 4.73. The van der Waals surface area contributed by atoms with Gasteiger partial charge in [0.1, 0.15) is 0 Å². The fraction of sp³-hybridized carbons (Fsp3) is 0.500. The summed E-state index contributed by atoms with van der Waals surface area (Å²) in [6.07, 6.45) is 0.274. The summed E-state index contributed by atoms with van der Waals surface area (Å²) < 4.78 is 0. The Bertz CT molecular complexity index is 411. The molecule has 0 unspecified atom stereocenters. The van der Waals surface area contributed by atoms with Gasteiger partial charge in [-0.25, -0.2) is 0 Å². The van der Waals surface area contributed by atoms with Crippen LogP contribution in [0.1, 0.15) is 26.3 Å². The molecule has 0 aliphatic rings. The van der Waals surface area contributed by atoms with E-state index < -0.39 is 5.60 Å². The first-order valence-electron chi connectivity index (χ1n) is 6.17. The highest BCUT2D eigenvalue weighted by Crippen LogP contribution is 2.13. The minimum Gasteiger partial charge on any atom is -0.398 e. The summed E-state index contributed by atoms with van der Waals surface area (Å²) in [5.74, 6) is -0.0162. The van der Waals surface area contributed by atoms with Crippen LogP contribution in [0.3, 0.4) is 0 Å². The van der Waals surface area contributed by atoms with Gasteiger partial charge in [0.2, 0.25) is 5.91 Å². The maximum atomic E-state index is 12.1. The SMILES string of the molecule is CCN(CC(C)(C)O)C(=O)Cc1ccccc1N. The molecule has 0 saturated heterocycles. The van der Waals surface area contributed by atoms with Gasteiger partial charge < -0.3 is 15.7 Å². The van der Waals surface area contributed by atoms with Crippen LogP contribution in [0.25, 0.3) is 0 Å². The van der Waals surface area contributed by atoms with Crippen molar-refractivity contribution in [3.05, 3.63) is 29.8 Å². The number of carbonyl (C=O) groups is 1. The Balaban J connectivity index is 2.72. The van der Waals surface area contributed by atoms with Crippen LogP contribution in [0.2, 0.25) is 0 Å². The molecule has 0 spiro atoms. The van der Waals surface area contributed by atoms with Gasteiger partial charge in [-0.3, -0.25) is 4.79 Å². The van der Waals surface area contributed by atoms with E-state index in [1.807, 2.05) is 25.1 Å². The number of hydrogen-bond acceptors (Lipinski definition) is 3. The molecule has 3 N–H and O–H groups in total. The molecule has 0 radical (unpaired) electrons. The Morgan fingerprint density at radius 2 is 2.00 bits per heavy atom. The largest absolute Gasteiger partial charge is 0.398 e. The molecule has 0 saturated carbocycles. The van der Waals surface area contributed by atoms with E-state index in [-0.39, 0.29) is 12.3 Å². The van der Waals surface area contributed by atoms with Gasteiger partial charge in [0.05, 0.1) is 12.0 Å². The van der Waals surface area contributed by atoms with Crippen LogP contribution < -0.4 is 5.73 Å². The Labute approximate surface area is 108 Å². The molecular formula is C14H22N2O2. The number of amides is 1. The lowest BCUT2D eigenvalue weighted by Gasteiger charge is -2.28. The molecule has 0 aliphatic carbocycles. The highest BCUT2D eigenvalue weighted by atomic mass is 16.3. The summed E-state index contributed by atoms with van der Waals surface area (Å²) in [4.78, 5) is 13.8. The molecule has 0 fully saturated rings. The number of nitrogen functional groups attached to an aromatic ring is 1. The van der Waals surface area contributed by atoms with Crippen molar-refractivity contribution in [2.75, 3.05) is 18.8 Å². The van der Waals surface area contributed by atoms with Crippen LogP contribution in [0.15, 0.2) is 24.3 Å². The minimum absolute atomic E-state index is 0.0162. The third-order valence-corrected chi connectivity index (χ3v) is 2.71. The molecule has 4 heteroatoms. The number of aliphatic hydroxyl groups is 1. The fourth-order valence-electron chi connectivity index (χ4n) is 1.81. The second-order valence-corrected chi connectivity index (χ2v) is 5.10. The van der Waals surface area contributed by atoms with Gasteiger partial charge in [-0.2, -0.15) is 0 Å². The van der Waals surface area contributed by atoms with Gasteiger partial charge in [0, 0.05) is 18.8 Å². The van der Waals surface area contributed by atoms with Crippen molar-refractivity contribution in [1.82, 2.24) is 4.90 Å². The van der Waals surface area contributed by atoms with E-state index >= 15 is 0 Å². The lowest BCUT2D eigenvalue weighted by Crippen LogP contribution is -2.42. The van der Waals surface area contributed by atoms with Crippen molar-refractivity contribution in [3.8, 4) is 0 Å². The summed E-state index contributed by atoms with van der Waals surface area (Å²) in [5.41, 5.74) is 6.40. The van der Waals surface area contributed by atoms with E-state index in [9.17, 15) is 9.90 Å². The molecule has 18 heavy (non-hydrogen) atoms. The summed E-state index contributed by atoms with van der Waals surface area (Å²) >= 11 is 0. The summed E-state index contributed by atoms with van der Waals surface area (Å²) in [7, 11) is 0. The number of benzene rings is 1. The minimum atomic E-state index is -0.881. The number of nitrogens with zero attached hydrogens (tertiary/aromatic N) is 1. The van der Waals surface area contributed by atoms with Crippen molar-refractivity contribution in [3.63, 3.8) is 0 Å². The lowest BCUT2D eigenvalue weighted by molar-refractivity contribution is -0.133. The van der Waals surface area contributed by atoms with Crippen molar-refractivity contribution in [2.24, 2.45) is 0 Å². The third kappa shape index (κ3) is 4.37. The Morgan fingerprint density at radius 3 is 2.50 bits per heavy atom. The molecule has 0 aliphatic heterocycles. The van der Waals surface area contributed by atoms with Gasteiger partial charge >= 0.3 is 0 Å². The first-order valence-corrected chi connectivity index (χ1v) is 6.17. The van der Waals surface area contributed by atoms with Crippen LogP contribution in [-0.4, -0.2) is 34.6 Å². The van der Waals surface area contributed by atoms with Crippen LogP contribution in [0.5, 0.6) is 0 Å². The summed E-state index contributed by atoms with van der Waals surface area (Å²) in [6, 6.07) is 7.35. The third-order valence-electron chi connectivity index (χ3n) is 2.71. The molecule has 1 aromatic carbocycles. The first-order chi connectivity index (χ1) is 8.33. The van der Waals surface area contributed by atoms with Crippen molar-refractivity contribution >= 4 is 11.6 Å². The second-order valence-electron chi connectivity index (χ2n) is 5.10. The molecular weight excluding hydrogens is 228 g/mol. The zero-order chi connectivity index (χ0) is 13.8. The zero-order valence-corrected chi connectivity index (χ0v) is 11.3. The van der Waals surface area contributed by atoms with E-state index in [0.29, 0.717) is 18.8 Å². The van der Waals surface area contributed by atoms with Crippen LogP contribution >= 0.6 is 0 Å². The Hall–Kier alpha value is -1.55. The fourth-order valence-corrected chi connectivity index (χ4v) is 1.81. The standard InChI is InChI=1S/C14H22N2O2/c1-4-16(10-14(2,3)18)13(17)9-11-7-5-6-8-12(11)15/h5-8,18H,4,9-10,15H2,1-3H3. The predicted molar refractivity (Wildman–Crippen MR) is 73.1 cm³/mol. The van der Waals surface area contributed by atoms with Crippen LogP contribution in [0.4, 0.5) is 5.69 Å². The van der Waals surface area contributed by atoms with Crippen LogP contribution in [0, 0.1) is 0 Å².